The maximum absolute atomic E-state index is 12.5. The normalized spacial score (nSPS) is 17.1. The van der Waals surface area contributed by atoms with Crippen LogP contribution in [0.25, 0.3) is 16.7 Å². The van der Waals surface area contributed by atoms with Gasteiger partial charge in [0.25, 0.3) is 5.91 Å². The molecule has 7 heteroatoms. The molecule has 5 rings (SSSR count). The van der Waals surface area contributed by atoms with E-state index in [1.54, 1.807) is 0 Å². The zero-order valence-electron chi connectivity index (χ0n) is 17.7. The second kappa shape index (κ2) is 8.63. The van der Waals surface area contributed by atoms with E-state index in [4.69, 9.17) is 9.72 Å². The summed E-state index contributed by atoms with van der Waals surface area (Å²) in [4.78, 5) is 17.2. The molecule has 1 aromatic heterocycles. The van der Waals surface area contributed by atoms with Gasteiger partial charge in [0, 0.05) is 41.5 Å². The number of imidazole rings is 1. The standard InChI is InChI=1S/C24H27BrN4O2/c1-15-10-19(4-5-20(15)24(30)28-18-2-3-18)29-14-27-23-21(11-17(25)12-22(23)29)26-13-16-6-8-31-9-7-16/h4-5,10-12,14,16,18,26H,2-3,6-9,13H2,1H3,(H,28,30). The van der Waals surface area contributed by atoms with Crippen molar-refractivity contribution in [2.24, 2.45) is 5.92 Å². The van der Waals surface area contributed by atoms with E-state index < -0.39 is 0 Å². The number of hydrogen-bond acceptors (Lipinski definition) is 4. The molecule has 0 atom stereocenters. The topological polar surface area (TPSA) is 68.2 Å². The van der Waals surface area contributed by atoms with Crippen LogP contribution in [0, 0.1) is 12.8 Å². The molecule has 1 saturated heterocycles. The van der Waals surface area contributed by atoms with Gasteiger partial charge in [-0.25, -0.2) is 4.98 Å². The molecule has 2 fully saturated rings. The fourth-order valence-corrected chi connectivity index (χ4v) is 4.62. The molecule has 2 heterocycles. The van der Waals surface area contributed by atoms with Crippen molar-refractivity contribution in [2.45, 2.75) is 38.6 Å². The van der Waals surface area contributed by atoms with E-state index in [1.165, 1.54) is 0 Å². The van der Waals surface area contributed by atoms with E-state index in [0.29, 0.717) is 12.0 Å². The number of nitrogens with zero attached hydrogens (tertiary/aromatic N) is 2. The fourth-order valence-electron chi connectivity index (χ4n) is 4.17. The van der Waals surface area contributed by atoms with Crippen molar-refractivity contribution in [1.82, 2.24) is 14.9 Å². The fraction of sp³-hybridized carbons (Fsp3) is 0.417. The van der Waals surface area contributed by atoms with Gasteiger partial charge in [-0.3, -0.25) is 9.36 Å². The number of rotatable bonds is 6. The smallest absolute Gasteiger partial charge is 0.251 e. The van der Waals surface area contributed by atoms with Crippen LogP contribution in [0.2, 0.25) is 0 Å². The Labute approximate surface area is 190 Å². The van der Waals surface area contributed by atoms with Crippen molar-refractivity contribution < 1.29 is 9.53 Å². The molecule has 1 amide bonds. The number of carbonyl (C=O) groups is 1. The number of benzene rings is 2. The highest BCUT2D eigenvalue weighted by atomic mass is 79.9. The Bertz CT molecular complexity index is 1120. The molecular formula is C24H27BrN4O2. The second-order valence-electron chi connectivity index (χ2n) is 8.62. The lowest BCUT2D eigenvalue weighted by molar-refractivity contribution is 0.0699. The molecule has 0 radical (unpaired) electrons. The number of aromatic nitrogens is 2. The lowest BCUT2D eigenvalue weighted by atomic mass is 10.0. The van der Waals surface area contributed by atoms with E-state index in [1.807, 2.05) is 25.4 Å². The number of anilines is 1. The molecule has 1 aliphatic carbocycles. The molecule has 0 unspecified atom stereocenters. The van der Waals surface area contributed by atoms with Gasteiger partial charge in [0.15, 0.2) is 0 Å². The maximum atomic E-state index is 12.5. The number of halogens is 1. The van der Waals surface area contributed by atoms with Crippen molar-refractivity contribution in [2.75, 3.05) is 25.1 Å². The molecule has 2 aliphatic rings. The van der Waals surface area contributed by atoms with Gasteiger partial charge in [-0.1, -0.05) is 15.9 Å². The van der Waals surface area contributed by atoms with Crippen molar-refractivity contribution in [3.8, 4) is 5.69 Å². The van der Waals surface area contributed by atoms with Crippen molar-refractivity contribution in [1.29, 1.82) is 0 Å². The van der Waals surface area contributed by atoms with E-state index in [0.717, 1.165) is 83.4 Å². The van der Waals surface area contributed by atoms with Crippen LogP contribution in [0.1, 0.15) is 41.6 Å². The maximum Gasteiger partial charge on any atom is 0.251 e. The minimum atomic E-state index is 0.0179. The van der Waals surface area contributed by atoms with Crippen molar-refractivity contribution in [3.63, 3.8) is 0 Å². The Kier molecular flexibility index (Phi) is 5.71. The monoisotopic (exact) mass is 482 g/mol. The van der Waals surface area contributed by atoms with Crippen LogP contribution in [0.5, 0.6) is 0 Å². The number of ether oxygens (including phenoxy) is 1. The molecule has 31 heavy (non-hydrogen) atoms. The zero-order valence-corrected chi connectivity index (χ0v) is 19.2. The summed E-state index contributed by atoms with van der Waals surface area (Å²) >= 11 is 3.66. The van der Waals surface area contributed by atoms with Gasteiger partial charge in [-0.15, -0.1) is 0 Å². The summed E-state index contributed by atoms with van der Waals surface area (Å²) in [5.41, 5.74) is 5.70. The molecule has 0 spiro atoms. The number of nitrogens with one attached hydrogen (secondary N) is 2. The zero-order chi connectivity index (χ0) is 21.4. The van der Waals surface area contributed by atoms with Gasteiger partial charge >= 0.3 is 0 Å². The first-order chi connectivity index (χ1) is 15.1. The Morgan fingerprint density at radius 2 is 2.00 bits per heavy atom. The predicted octanol–water partition coefficient (Wildman–Crippen LogP) is 4.83. The number of amides is 1. The van der Waals surface area contributed by atoms with E-state index in [2.05, 4.69) is 49.3 Å². The summed E-state index contributed by atoms with van der Waals surface area (Å²) in [5.74, 6) is 0.645. The lowest BCUT2D eigenvalue weighted by Gasteiger charge is -2.22. The molecule has 1 saturated carbocycles. The van der Waals surface area contributed by atoms with Crippen LogP contribution in [-0.4, -0.2) is 41.3 Å². The third kappa shape index (κ3) is 4.48. The van der Waals surface area contributed by atoms with Gasteiger partial charge < -0.3 is 15.4 Å². The van der Waals surface area contributed by atoms with Crippen molar-refractivity contribution >= 4 is 38.6 Å². The third-order valence-corrected chi connectivity index (χ3v) is 6.64. The molecular weight excluding hydrogens is 456 g/mol. The summed E-state index contributed by atoms with van der Waals surface area (Å²) in [5, 5.41) is 6.68. The minimum Gasteiger partial charge on any atom is -0.383 e. The Hall–Kier alpha value is -2.38. The van der Waals surface area contributed by atoms with E-state index >= 15 is 0 Å². The van der Waals surface area contributed by atoms with Gasteiger partial charge in [0.1, 0.15) is 11.8 Å². The molecule has 6 nitrogen and oxygen atoms in total. The second-order valence-corrected chi connectivity index (χ2v) is 9.53. The molecule has 162 valence electrons. The number of hydrogen-bond donors (Lipinski definition) is 2. The van der Waals surface area contributed by atoms with Crippen LogP contribution in [-0.2, 0) is 4.74 Å². The van der Waals surface area contributed by atoms with E-state index in [-0.39, 0.29) is 5.91 Å². The van der Waals surface area contributed by atoms with Gasteiger partial charge in [0.05, 0.1) is 11.2 Å². The molecule has 0 bridgehead atoms. The summed E-state index contributed by atoms with van der Waals surface area (Å²) in [6, 6.07) is 10.5. The summed E-state index contributed by atoms with van der Waals surface area (Å²) in [6.07, 6.45) is 6.22. The summed E-state index contributed by atoms with van der Waals surface area (Å²) in [7, 11) is 0. The highest BCUT2D eigenvalue weighted by molar-refractivity contribution is 9.10. The summed E-state index contributed by atoms with van der Waals surface area (Å²) < 4.78 is 8.56. The minimum absolute atomic E-state index is 0.0179. The average molecular weight is 483 g/mol. The quantitative estimate of drug-likeness (QED) is 0.527. The molecule has 2 aromatic carbocycles. The molecule has 2 N–H and O–H groups in total. The van der Waals surface area contributed by atoms with Crippen molar-refractivity contribution in [3.05, 3.63) is 52.3 Å². The number of fused-ring (bicyclic) bond motifs is 1. The Balaban J connectivity index is 1.41. The first-order valence-electron chi connectivity index (χ1n) is 11.0. The third-order valence-electron chi connectivity index (χ3n) is 6.18. The molecule has 1 aliphatic heterocycles. The Morgan fingerprint density at radius 3 is 2.74 bits per heavy atom. The Morgan fingerprint density at radius 1 is 1.19 bits per heavy atom. The first-order valence-corrected chi connectivity index (χ1v) is 11.8. The first kappa shape index (κ1) is 20.5. The van der Waals surface area contributed by atoms with Gasteiger partial charge in [-0.2, -0.15) is 0 Å². The summed E-state index contributed by atoms with van der Waals surface area (Å²) in [6.45, 7) is 4.61. The predicted molar refractivity (Wildman–Crippen MR) is 126 cm³/mol. The van der Waals surface area contributed by atoms with Crippen LogP contribution >= 0.6 is 15.9 Å². The van der Waals surface area contributed by atoms with E-state index in [9.17, 15) is 4.79 Å². The van der Waals surface area contributed by atoms with Crippen LogP contribution in [0.4, 0.5) is 5.69 Å². The number of aryl methyl sites for hydroxylation is 1. The largest absolute Gasteiger partial charge is 0.383 e. The number of carbonyl (C=O) groups excluding carboxylic acids is 1. The lowest BCUT2D eigenvalue weighted by Crippen LogP contribution is -2.26. The van der Waals surface area contributed by atoms with Crippen LogP contribution in [0.15, 0.2) is 41.1 Å². The average Bonchev–Trinajstić information content (AvgIpc) is 3.48. The molecule has 3 aromatic rings. The highest BCUT2D eigenvalue weighted by Gasteiger charge is 2.24. The van der Waals surface area contributed by atoms with Gasteiger partial charge in [-0.05, 0) is 74.4 Å². The highest BCUT2D eigenvalue weighted by Crippen LogP contribution is 2.30. The van der Waals surface area contributed by atoms with Crippen LogP contribution in [0.3, 0.4) is 0 Å². The van der Waals surface area contributed by atoms with Crippen LogP contribution < -0.4 is 10.6 Å². The SMILES string of the molecule is Cc1cc(-n2cnc3c(NCC4CCOCC4)cc(Br)cc32)ccc1C(=O)NC1CC1. The van der Waals surface area contributed by atoms with Gasteiger partial charge in [0.2, 0.25) is 0 Å².